The Bertz CT molecular complexity index is 474. The molecule has 0 atom stereocenters. The molecule has 4 heteroatoms. The second-order valence-electron chi connectivity index (χ2n) is 3.15. The predicted molar refractivity (Wildman–Crippen MR) is 61.7 cm³/mol. The summed E-state index contributed by atoms with van der Waals surface area (Å²) in [4.78, 5) is 4.08. The Morgan fingerprint density at radius 2 is 1.88 bits per heavy atom. The zero-order valence-corrected chi connectivity index (χ0v) is 9.19. The van der Waals surface area contributed by atoms with Gasteiger partial charge in [0.25, 0.3) is 0 Å². The second kappa shape index (κ2) is 4.96. The van der Waals surface area contributed by atoms with E-state index in [4.69, 9.17) is 21.4 Å². The largest absolute Gasteiger partial charge is 0.439 e. The zero-order valence-electron chi connectivity index (χ0n) is 8.43. The van der Waals surface area contributed by atoms with E-state index in [9.17, 15) is 0 Å². The maximum Gasteiger partial charge on any atom is 0.219 e. The number of aliphatic hydroxyl groups is 1. The van der Waals surface area contributed by atoms with Gasteiger partial charge in [-0.3, -0.25) is 0 Å². The number of rotatable bonds is 3. The summed E-state index contributed by atoms with van der Waals surface area (Å²) in [6, 6.07) is 12.6. The fraction of sp³-hybridized carbons (Fsp3) is 0.0833. The van der Waals surface area contributed by atoms with Crippen molar-refractivity contribution in [3.63, 3.8) is 0 Å². The van der Waals surface area contributed by atoms with Crippen LogP contribution in [0.4, 0.5) is 0 Å². The number of halogens is 1. The van der Waals surface area contributed by atoms with Gasteiger partial charge in [0.1, 0.15) is 5.75 Å². The van der Waals surface area contributed by atoms with Crippen molar-refractivity contribution in [1.29, 1.82) is 0 Å². The number of hydrogen-bond acceptors (Lipinski definition) is 3. The topological polar surface area (TPSA) is 42.4 Å². The Hall–Kier alpha value is -1.58. The summed E-state index contributed by atoms with van der Waals surface area (Å²) < 4.78 is 5.49. The first kappa shape index (κ1) is 10.9. The van der Waals surface area contributed by atoms with Gasteiger partial charge in [-0.25, -0.2) is 4.98 Å². The zero-order chi connectivity index (χ0) is 11.4. The molecule has 0 spiro atoms. The molecule has 0 fully saturated rings. The summed E-state index contributed by atoms with van der Waals surface area (Å²) in [6.07, 6.45) is 0. The van der Waals surface area contributed by atoms with E-state index in [0.29, 0.717) is 22.3 Å². The molecule has 2 rings (SSSR count). The van der Waals surface area contributed by atoms with Crippen molar-refractivity contribution in [3.05, 3.63) is 53.2 Å². The van der Waals surface area contributed by atoms with Gasteiger partial charge in [0.05, 0.1) is 17.3 Å². The highest BCUT2D eigenvalue weighted by Crippen LogP contribution is 2.22. The SMILES string of the molecule is OCc1nc(Oc2ccccc2)ccc1Cl. The molecule has 0 aliphatic carbocycles. The van der Waals surface area contributed by atoms with Crippen molar-refractivity contribution in [3.8, 4) is 11.6 Å². The van der Waals surface area contributed by atoms with Crippen LogP contribution in [0, 0.1) is 0 Å². The van der Waals surface area contributed by atoms with E-state index in [-0.39, 0.29) is 6.61 Å². The first-order valence-corrected chi connectivity index (χ1v) is 5.16. The normalized spacial score (nSPS) is 10.1. The fourth-order valence-electron chi connectivity index (χ4n) is 1.24. The molecule has 1 aromatic heterocycles. The average Bonchev–Trinajstić information content (AvgIpc) is 2.33. The fourth-order valence-corrected chi connectivity index (χ4v) is 1.41. The lowest BCUT2D eigenvalue weighted by Crippen LogP contribution is -1.94. The van der Waals surface area contributed by atoms with E-state index < -0.39 is 0 Å². The number of pyridine rings is 1. The van der Waals surface area contributed by atoms with Gasteiger partial charge in [-0.15, -0.1) is 0 Å². The minimum absolute atomic E-state index is 0.204. The Labute approximate surface area is 98.3 Å². The molecular weight excluding hydrogens is 226 g/mol. The second-order valence-corrected chi connectivity index (χ2v) is 3.56. The molecule has 0 aliphatic rings. The van der Waals surface area contributed by atoms with Gasteiger partial charge in [0.15, 0.2) is 0 Å². The van der Waals surface area contributed by atoms with Crippen molar-refractivity contribution in [2.24, 2.45) is 0 Å². The maximum absolute atomic E-state index is 9.01. The number of para-hydroxylation sites is 1. The Balaban J connectivity index is 2.22. The molecule has 0 unspecified atom stereocenters. The molecule has 0 saturated heterocycles. The first-order chi connectivity index (χ1) is 7.79. The van der Waals surface area contributed by atoms with Crippen LogP contribution in [-0.2, 0) is 6.61 Å². The van der Waals surface area contributed by atoms with E-state index in [2.05, 4.69) is 4.98 Å². The molecule has 1 aromatic carbocycles. The third-order valence-electron chi connectivity index (χ3n) is 2.01. The highest BCUT2D eigenvalue weighted by atomic mass is 35.5. The smallest absolute Gasteiger partial charge is 0.219 e. The lowest BCUT2D eigenvalue weighted by molar-refractivity contribution is 0.275. The van der Waals surface area contributed by atoms with Gasteiger partial charge < -0.3 is 9.84 Å². The van der Waals surface area contributed by atoms with Crippen LogP contribution in [0.15, 0.2) is 42.5 Å². The van der Waals surface area contributed by atoms with E-state index in [1.165, 1.54) is 0 Å². The standard InChI is InChI=1S/C12H10ClNO2/c13-10-6-7-12(14-11(10)8-15)16-9-4-2-1-3-5-9/h1-7,15H,8H2. The number of ether oxygens (including phenoxy) is 1. The molecule has 82 valence electrons. The number of aliphatic hydroxyl groups excluding tert-OH is 1. The minimum atomic E-state index is -0.204. The van der Waals surface area contributed by atoms with Crippen LogP contribution in [0.5, 0.6) is 11.6 Å². The van der Waals surface area contributed by atoms with Crippen molar-refractivity contribution in [1.82, 2.24) is 4.98 Å². The molecule has 0 amide bonds. The number of aromatic nitrogens is 1. The molecule has 0 aliphatic heterocycles. The highest BCUT2D eigenvalue weighted by Gasteiger charge is 2.04. The van der Waals surface area contributed by atoms with Gasteiger partial charge >= 0.3 is 0 Å². The summed E-state index contributed by atoms with van der Waals surface area (Å²) >= 11 is 5.82. The Kier molecular flexibility index (Phi) is 3.39. The molecule has 2 aromatic rings. The van der Waals surface area contributed by atoms with Crippen molar-refractivity contribution >= 4 is 11.6 Å². The van der Waals surface area contributed by atoms with Gasteiger partial charge in [-0.1, -0.05) is 29.8 Å². The molecule has 0 radical (unpaired) electrons. The third-order valence-corrected chi connectivity index (χ3v) is 2.35. The van der Waals surface area contributed by atoms with Crippen LogP contribution in [0.2, 0.25) is 5.02 Å². The molecule has 1 N–H and O–H groups in total. The van der Waals surface area contributed by atoms with E-state index in [1.54, 1.807) is 12.1 Å². The van der Waals surface area contributed by atoms with Crippen molar-refractivity contribution in [2.45, 2.75) is 6.61 Å². The van der Waals surface area contributed by atoms with Gasteiger partial charge in [0, 0.05) is 6.07 Å². The third kappa shape index (κ3) is 2.51. The summed E-state index contributed by atoms with van der Waals surface area (Å²) in [5.41, 5.74) is 0.412. The van der Waals surface area contributed by atoms with E-state index in [0.717, 1.165) is 0 Å². The van der Waals surface area contributed by atoms with E-state index >= 15 is 0 Å². The molecular formula is C12H10ClNO2. The summed E-state index contributed by atoms with van der Waals surface area (Å²) in [5, 5.41) is 9.44. The molecule has 1 heterocycles. The minimum Gasteiger partial charge on any atom is -0.439 e. The lowest BCUT2D eigenvalue weighted by atomic mass is 10.3. The molecule has 0 saturated carbocycles. The van der Waals surface area contributed by atoms with Gasteiger partial charge in [-0.2, -0.15) is 0 Å². The average molecular weight is 236 g/mol. The predicted octanol–water partition coefficient (Wildman–Crippen LogP) is 3.02. The Morgan fingerprint density at radius 1 is 1.12 bits per heavy atom. The molecule has 16 heavy (non-hydrogen) atoms. The summed E-state index contributed by atoms with van der Waals surface area (Å²) in [6.45, 7) is -0.204. The quantitative estimate of drug-likeness (QED) is 0.889. The van der Waals surface area contributed by atoms with Crippen LogP contribution in [0.3, 0.4) is 0 Å². The Morgan fingerprint density at radius 3 is 2.56 bits per heavy atom. The van der Waals surface area contributed by atoms with Gasteiger partial charge in [0.2, 0.25) is 5.88 Å². The lowest BCUT2D eigenvalue weighted by Gasteiger charge is -2.06. The number of hydrogen-bond donors (Lipinski definition) is 1. The van der Waals surface area contributed by atoms with Crippen LogP contribution >= 0.6 is 11.6 Å². The monoisotopic (exact) mass is 235 g/mol. The van der Waals surface area contributed by atoms with E-state index in [1.807, 2.05) is 30.3 Å². The summed E-state index contributed by atoms with van der Waals surface area (Å²) in [5.74, 6) is 1.11. The molecule has 3 nitrogen and oxygen atoms in total. The molecule has 0 bridgehead atoms. The van der Waals surface area contributed by atoms with Crippen molar-refractivity contribution in [2.75, 3.05) is 0 Å². The number of benzene rings is 1. The first-order valence-electron chi connectivity index (χ1n) is 4.79. The van der Waals surface area contributed by atoms with Crippen LogP contribution in [0.1, 0.15) is 5.69 Å². The van der Waals surface area contributed by atoms with Crippen LogP contribution in [0.25, 0.3) is 0 Å². The number of nitrogens with zero attached hydrogens (tertiary/aromatic N) is 1. The van der Waals surface area contributed by atoms with Crippen LogP contribution < -0.4 is 4.74 Å². The van der Waals surface area contributed by atoms with Crippen LogP contribution in [-0.4, -0.2) is 10.1 Å². The maximum atomic E-state index is 9.01. The van der Waals surface area contributed by atoms with Crippen molar-refractivity contribution < 1.29 is 9.84 Å². The summed E-state index contributed by atoms with van der Waals surface area (Å²) in [7, 11) is 0. The highest BCUT2D eigenvalue weighted by molar-refractivity contribution is 6.31. The van der Waals surface area contributed by atoms with Gasteiger partial charge in [-0.05, 0) is 18.2 Å².